The molecule has 19 heavy (non-hydrogen) atoms. The molecular weight excluding hydrogens is 256 g/mol. The molecule has 0 aromatic carbocycles. The summed E-state index contributed by atoms with van der Waals surface area (Å²) in [5.74, 6) is 0. The van der Waals surface area contributed by atoms with Gasteiger partial charge in [0.05, 0.1) is 5.69 Å². The first-order valence-electron chi connectivity index (χ1n) is 7.33. The zero-order chi connectivity index (χ0) is 13.7. The number of hydrogen-bond donors (Lipinski definition) is 1. The monoisotopic (exact) mass is 282 g/mol. The highest BCUT2D eigenvalue weighted by Crippen LogP contribution is 2.23. The molecule has 2 heterocycles. The van der Waals surface area contributed by atoms with Crippen molar-refractivity contribution in [2.45, 2.75) is 32.7 Å². The number of anilines is 1. The zero-order valence-electron chi connectivity index (χ0n) is 12.4. The molecule has 0 aliphatic carbocycles. The van der Waals surface area contributed by atoms with Gasteiger partial charge in [0.15, 0.2) is 5.13 Å². The van der Waals surface area contributed by atoms with Gasteiger partial charge in [-0.1, -0.05) is 6.92 Å². The van der Waals surface area contributed by atoms with E-state index in [4.69, 9.17) is 4.98 Å². The summed E-state index contributed by atoms with van der Waals surface area (Å²) < 4.78 is 0. The fourth-order valence-corrected chi connectivity index (χ4v) is 3.37. The first kappa shape index (κ1) is 14.8. The fraction of sp³-hybridized carbons (Fsp3) is 0.786. The van der Waals surface area contributed by atoms with Crippen LogP contribution < -0.4 is 10.2 Å². The Kier molecular flexibility index (Phi) is 5.60. The van der Waals surface area contributed by atoms with Crippen molar-refractivity contribution in [2.24, 2.45) is 0 Å². The van der Waals surface area contributed by atoms with E-state index in [0.717, 1.165) is 30.5 Å². The van der Waals surface area contributed by atoms with Gasteiger partial charge in [-0.25, -0.2) is 4.98 Å². The molecule has 1 unspecified atom stereocenters. The topological polar surface area (TPSA) is 31.4 Å². The molecule has 1 saturated heterocycles. The van der Waals surface area contributed by atoms with Gasteiger partial charge in [0.25, 0.3) is 0 Å². The predicted octanol–water partition coefficient (Wildman–Crippen LogP) is 2.35. The molecule has 1 fully saturated rings. The molecule has 1 aliphatic heterocycles. The van der Waals surface area contributed by atoms with Crippen LogP contribution in [-0.2, 0) is 0 Å². The van der Waals surface area contributed by atoms with Gasteiger partial charge in [0.2, 0.25) is 0 Å². The minimum atomic E-state index is 0.349. The normalized spacial score (nSPS) is 17.8. The van der Waals surface area contributed by atoms with Crippen molar-refractivity contribution in [2.75, 3.05) is 44.7 Å². The first-order chi connectivity index (χ1) is 9.20. The van der Waals surface area contributed by atoms with Gasteiger partial charge < -0.3 is 15.1 Å². The molecule has 2 rings (SSSR count). The number of hydrogen-bond acceptors (Lipinski definition) is 5. The molecule has 0 spiro atoms. The third-order valence-corrected chi connectivity index (χ3v) is 4.71. The molecule has 1 aromatic rings. The number of likely N-dealkylation sites (tertiary alicyclic amines) is 1. The Bertz CT molecular complexity index is 373. The number of nitrogens with zero attached hydrogens (tertiary/aromatic N) is 3. The molecule has 0 radical (unpaired) electrons. The van der Waals surface area contributed by atoms with Crippen LogP contribution in [0.2, 0.25) is 0 Å². The number of rotatable bonds is 7. The minimum absolute atomic E-state index is 0.349. The van der Waals surface area contributed by atoms with Crippen molar-refractivity contribution in [1.82, 2.24) is 15.2 Å². The summed E-state index contributed by atoms with van der Waals surface area (Å²) in [7, 11) is 2.15. The summed E-state index contributed by atoms with van der Waals surface area (Å²) in [5, 5.41) is 6.72. The maximum absolute atomic E-state index is 4.74. The molecule has 108 valence electrons. The van der Waals surface area contributed by atoms with Gasteiger partial charge in [-0.15, -0.1) is 11.3 Å². The minimum Gasteiger partial charge on any atom is -0.350 e. The van der Waals surface area contributed by atoms with Gasteiger partial charge in [-0.05, 0) is 39.4 Å². The van der Waals surface area contributed by atoms with Crippen LogP contribution >= 0.6 is 11.3 Å². The predicted molar refractivity (Wildman–Crippen MR) is 83.1 cm³/mol. The van der Waals surface area contributed by atoms with Gasteiger partial charge in [0, 0.05) is 31.6 Å². The van der Waals surface area contributed by atoms with Crippen LogP contribution in [0.15, 0.2) is 5.38 Å². The maximum Gasteiger partial charge on any atom is 0.185 e. The van der Waals surface area contributed by atoms with E-state index in [1.54, 1.807) is 11.3 Å². The Balaban J connectivity index is 1.83. The Morgan fingerprint density at radius 1 is 1.47 bits per heavy atom. The van der Waals surface area contributed by atoms with Gasteiger partial charge in [-0.2, -0.15) is 0 Å². The van der Waals surface area contributed by atoms with Crippen LogP contribution in [0.25, 0.3) is 0 Å². The highest BCUT2D eigenvalue weighted by Gasteiger charge is 2.14. The summed E-state index contributed by atoms with van der Waals surface area (Å²) in [6.45, 7) is 10.1. The van der Waals surface area contributed by atoms with Crippen LogP contribution in [0, 0.1) is 0 Å². The number of likely N-dealkylation sites (N-methyl/N-ethyl adjacent to an activating group) is 1. The third kappa shape index (κ3) is 4.16. The highest BCUT2D eigenvalue weighted by molar-refractivity contribution is 7.13. The Morgan fingerprint density at radius 3 is 2.89 bits per heavy atom. The number of aromatic nitrogens is 1. The van der Waals surface area contributed by atoms with Gasteiger partial charge >= 0.3 is 0 Å². The Hall–Kier alpha value is -0.650. The van der Waals surface area contributed by atoms with E-state index in [9.17, 15) is 0 Å². The summed E-state index contributed by atoms with van der Waals surface area (Å²) >= 11 is 1.75. The molecule has 0 saturated carbocycles. The van der Waals surface area contributed by atoms with Gasteiger partial charge in [-0.3, -0.25) is 0 Å². The molecule has 5 heteroatoms. The lowest BCUT2D eigenvalue weighted by Crippen LogP contribution is -2.31. The quantitative estimate of drug-likeness (QED) is 0.832. The fourth-order valence-electron chi connectivity index (χ4n) is 2.45. The van der Waals surface area contributed by atoms with E-state index in [-0.39, 0.29) is 0 Å². The molecule has 1 aliphatic rings. The van der Waals surface area contributed by atoms with Crippen molar-refractivity contribution < 1.29 is 0 Å². The standard InChI is InChI=1S/C14H26N4S/c1-4-15-12(2)13-11-19-14(16-13)17(3)9-10-18-7-5-6-8-18/h11-12,15H,4-10H2,1-3H3. The lowest BCUT2D eigenvalue weighted by atomic mass is 10.3. The molecule has 1 aromatic heterocycles. The van der Waals surface area contributed by atoms with Crippen LogP contribution in [0.1, 0.15) is 38.4 Å². The highest BCUT2D eigenvalue weighted by atomic mass is 32.1. The van der Waals surface area contributed by atoms with E-state index < -0.39 is 0 Å². The molecule has 0 amide bonds. The molecular formula is C14H26N4S. The Labute approximate surface area is 120 Å². The number of nitrogens with one attached hydrogen (secondary N) is 1. The molecule has 1 N–H and O–H groups in total. The smallest absolute Gasteiger partial charge is 0.185 e. The second-order valence-corrected chi connectivity index (χ2v) is 6.14. The van der Waals surface area contributed by atoms with Crippen molar-refractivity contribution in [1.29, 1.82) is 0 Å². The van der Waals surface area contributed by atoms with E-state index in [2.05, 4.69) is 41.4 Å². The van der Waals surface area contributed by atoms with Crippen molar-refractivity contribution in [3.05, 3.63) is 11.1 Å². The zero-order valence-corrected chi connectivity index (χ0v) is 13.2. The maximum atomic E-state index is 4.74. The summed E-state index contributed by atoms with van der Waals surface area (Å²) in [4.78, 5) is 9.57. The second kappa shape index (κ2) is 7.22. The van der Waals surface area contributed by atoms with Crippen molar-refractivity contribution >= 4 is 16.5 Å². The second-order valence-electron chi connectivity index (χ2n) is 5.30. The van der Waals surface area contributed by atoms with Crippen molar-refractivity contribution in [3.63, 3.8) is 0 Å². The van der Waals surface area contributed by atoms with Gasteiger partial charge in [0.1, 0.15) is 0 Å². The lowest BCUT2D eigenvalue weighted by Gasteiger charge is -2.20. The molecule has 4 nitrogen and oxygen atoms in total. The molecule has 0 bridgehead atoms. The largest absolute Gasteiger partial charge is 0.350 e. The molecule has 1 atom stereocenters. The van der Waals surface area contributed by atoms with Crippen LogP contribution in [0.3, 0.4) is 0 Å². The number of thiazole rings is 1. The average Bonchev–Trinajstić information content (AvgIpc) is 3.07. The van der Waals surface area contributed by atoms with Crippen molar-refractivity contribution in [3.8, 4) is 0 Å². The van der Waals surface area contributed by atoms with E-state index in [1.165, 1.54) is 25.9 Å². The van der Waals surface area contributed by atoms with Crippen LogP contribution in [-0.4, -0.2) is 49.7 Å². The Morgan fingerprint density at radius 2 is 2.21 bits per heavy atom. The first-order valence-corrected chi connectivity index (χ1v) is 8.21. The lowest BCUT2D eigenvalue weighted by molar-refractivity contribution is 0.346. The summed E-state index contributed by atoms with van der Waals surface area (Å²) in [6, 6.07) is 0.349. The SMILES string of the molecule is CCNC(C)c1csc(N(C)CCN2CCCC2)n1. The van der Waals surface area contributed by atoms with E-state index >= 15 is 0 Å². The summed E-state index contributed by atoms with van der Waals surface area (Å²) in [6.07, 6.45) is 2.73. The average molecular weight is 282 g/mol. The third-order valence-electron chi connectivity index (χ3n) is 3.74. The van der Waals surface area contributed by atoms with Crippen LogP contribution in [0.5, 0.6) is 0 Å². The van der Waals surface area contributed by atoms with Crippen LogP contribution in [0.4, 0.5) is 5.13 Å². The van der Waals surface area contributed by atoms with E-state index in [1.807, 2.05) is 0 Å². The summed E-state index contributed by atoms with van der Waals surface area (Å²) in [5.41, 5.74) is 1.16. The van der Waals surface area contributed by atoms with E-state index in [0.29, 0.717) is 6.04 Å².